The normalized spacial score (nSPS) is 25.1. The number of aromatic nitrogens is 1. The molecule has 11 heteroatoms. The van der Waals surface area contributed by atoms with Gasteiger partial charge in [-0.1, -0.05) is 11.8 Å². The number of amidine groups is 1. The Bertz CT molecular complexity index is 1020. The number of aliphatic imine (C=N–C) groups is 1. The molecule has 1 aromatic heterocycles. The number of rotatable bonds is 5. The Labute approximate surface area is 180 Å². The van der Waals surface area contributed by atoms with Crippen LogP contribution in [0.4, 0.5) is 18.9 Å². The summed E-state index contributed by atoms with van der Waals surface area (Å²) in [7, 11) is 0. The van der Waals surface area contributed by atoms with Crippen LogP contribution in [0.15, 0.2) is 41.5 Å². The molecular formula is C20H19F3N4O3S. The molecule has 0 radical (unpaired) electrons. The number of halogens is 3. The van der Waals surface area contributed by atoms with Gasteiger partial charge < -0.3 is 20.5 Å². The number of nitrogens with two attached hydrogens (primary N) is 1. The molecule has 3 N–H and O–H groups in total. The quantitative estimate of drug-likeness (QED) is 0.722. The maximum absolute atomic E-state index is 14.9. The molecule has 1 saturated heterocycles. The molecule has 31 heavy (non-hydrogen) atoms. The molecule has 0 spiro atoms. The number of benzene rings is 1. The van der Waals surface area contributed by atoms with Gasteiger partial charge in [-0.3, -0.25) is 4.79 Å². The fourth-order valence-electron chi connectivity index (χ4n) is 3.82. The van der Waals surface area contributed by atoms with Crippen LogP contribution in [0.25, 0.3) is 0 Å². The summed E-state index contributed by atoms with van der Waals surface area (Å²) in [6.07, 6.45) is 0.898. The summed E-state index contributed by atoms with van der Waals surface area (Å²) in [6.45, 7) is -0.887. The molecule has 1 amide bonds. The highest BCUT2D eigenvalue weighted by atomic mass is 32.2. The number of alkyl halides is 2. The zero-order valence-electron chi connectivity index (χ0n) is 16.3. The van der Waals surface area contributed by atoms with Gasteiger partial charge in [0.2, 0.25) is 0 Å². The van der Waals surface area contributed by atoms with E-state index >= 15 is 0 Å². The number of amides is 1. The van der Waals surface area contributed by atoms with Gasteiger partial charge in [-0.05, 0) is 37.3 Å². The second-order valence-electron chi connectivity index (χ2n) is 7.21. The predicted octanol–water partition coefficient (Wildman–Crippen LogP) is 3.37. The van der Waals surface area contributed by atoms with E-state index in [-0.39, 0.29) is 35.6 Å². The van der Waals surface area contributed by atoms with E-state index in [0.29, 0.717) is 16.6 Å². The summed E-state index contributed by atoms with van der Waals surface area (Å²) in [6, 6.07) is 6.65. The second kappa shape index (κ2) is 8.39. The molecule has 0 aliphatic carbocycles. The first-order chi connectivity index (χ1) is 14.8. The fourth-order valence-corrected chi connectivity index (χ4v) is 4.94. The number of nitrogens with zero attached hydrogens (tertiary/aromatic N) is 2. The molecule has 4 rings (SSSR count). The molecule has 3 heterocycles. The van der Waals surface area contributed by atoms with Crippen molar-refractivity contribution in [1.82, 2.24) is 4.98 Å². The van der Waals surface area contributed by atoms with E-state index in [1.807, 2.05) is 6.92 Å². The largest absolute Gasteiger partial charge is 0.433 e. The highest BCUT2D eigenvalue weighted by Crippen LogP contribution is 2.48. The lowest BCUT2D eigenvalue weighted by Crippen LogP contribution is -2.41. The van der Waals surface area contributed by atoms with E-state index in [2.05, 4.69) is 20.0 Å². The third kappa shape index (κ3) is 4.19. The summed E-state index contributed by atoms with van der Waals surface area (Å²) < 4.78 is 49.4. The number of carbonyl (C=O) groups is 1. The van der Waals surface area contributed by atoms with E-state index in [1.165, 1.54) is 42.1 Å². The van der Waals surface area contributed by atoms with Crippen molar-refractivity contribution in [2.24, 2.45) is 16.6 Å². The lowest BCUT2D eigenvalue weighted by molar-refractivity contribution is -0.0500. The number of ether oxygens (including phenoxy) is 2. The number of nitrogens with one attached hydrogen (secondary N) is 1. The van der Waals surface area contributed by atoms with Gasteiger partial charge in [0.25, 0.3) is 5.91 Å². The Kier molecular flexibility index (Phi) is 5.80. The number of anilines is 1. The number of hydrogen-bond donors (Lipinski definition) is 2. The zero-order chi connectivity index (χ0) is 22.2. The lowest BCUT2D eigenvalue weighted by atomic mass is 9.79. The first-order valence-corrected chi connectivity index (χ1v) is 10.4. The molecule has 1 aromatic carbocycles. The molecule has 2 aromatic rings. The van der Waals surface area contributed by atoms with E-state index in [9.17, 15) is 18.0 Å². The van der Waals surface area contributed by atoms with E-state index < -0.39 is 23.9 Å². The highest BCUT2D eigenvalue weighted by Gasteiger charge is 2.52. The van der Waals surface area contributed by atoms with Crippen LogP contribution in [0, 0.1) is 11.7 Å². The average Bonchev–Trinajstić information content (AvgIpc) is 3.06. The van der Waals surface area contributed by atoms with Gasteiger partial charge in [0.05, 0.1) is 18.9 Å². The van der Waals surface area contributed by atoms with Gasteiger partial charge in [0.15, 0.2) is 5.17 Å². The van der Waals surface area contributed by atoms with E-state index in [1.54, 1.807) is 0 Å². The van der Waals surface area contributed by atoms with Crippen LogP contribution < -0.4 is 15.8 Å². The minimum absolute atomic E-state index is 0.0160. The van der Waals surface area contributed by atoms with Crippen LogP contribution in [-0.4, -0.2) is 41.1 Å². The van der Waals surface area contributed by atoms with Gasteiger partial charge in [-0.15, -0.1) is 0 Å². The van der Waals surface area contributed by atoms with Gasteiger partial charge in [-0.25, -0.2) is 14.4 Å². The third-order valence-electron chi connectivity index (χ3n) is 5.35. The number of hydrogen-bond acceptors (Lipinski definition) is 7. The smallest absolute Gasteiger partial charge is 0.387 e. The van der Waals surface area contributed by atoms with Gasteiger partial charge in [0, 0.05) is 22.9 Å². The molecule has 164 valence electrons. The van der Waals surface area contributed by atoms with Crippen molar-refractivity contribution in [1.29, 1.82) is 0 Å². The number of fused-ring (bicyclic) bond motifs is 1. The molecule has 2 aliphatic rings. The summed E-state index contributed by atoms with van der Waals surface area (Å²) in [5.41, 5.74) is 5.58. The third-order valence-corrected chi connectivity index (χ3v) is 6.26. The lowest BCUT2D eigenvalue weighted by Gasteiger charge is -2.35. The standard InChI is InChI=1S/C20H19F3N4O3S/c1-10-14-8-31-19(24)27-20(14,9-29-10)13-6-11(2-4-15(13)21)26-17(28)16-5-3-12(7-25-16)30-18(22)23/h2-7,10,14,18H,8-9H2,1H3,(H2,24,27)(H,26,28). The maximum Gasteiger partial charge on any atom is 0.387 e. The van der Waals surface area contributed by atoms with Crippen molar-refractivity contribution in [2.45, 2.75) is 25.2 Å². The van der Waals surface area contributed by atoms with Gasteiger partial charge >= 0.3 is 6.61 Å². The van der Waals surface area contributed by atoms with Crippen LogP contribution >= 0.6 is 11.8 Å². The molecule has 7 nitrogen and oxygen atoms in total. The van der Waals surface area contributed by atoms with Crippen molar-refractivity contribution in [2.75, 3.05) is 17.7 Å². The molecule has 3 unspecified atom stereocenters. The number of pyridine rings is 1. The number of thioether (sulfide) groups is 1. The molecule has 2 aliphatic heterocycles. The molecule has 0 saturated carbocycles. The van der Waals surface area contributed by atoms with Crippen molar-refractivity contribution in [3.05, 3.63) is 53.6 Å². The zero-order valence-corrected chi connectivity index (χ0v) is 17.2. The average molecular weight is 452 g/mol. The summed E-state index contributed by atoms with van der Waals surface area (Å²) in [5.74, 6) is -0.663. The van der Waals surface area contributed by atoms with E-state index in [4.69, 9.17) is 10.5 Å². The molecule has 1 fully saturated rings. The van der Waals surface area contributed by atoms with Crippen molar-refractivity contribution in [3.8, 4) is 5.75 Å². The summed E-state index contributed by atoms with van der Waals surface area (Å²) in [5, 5.41) is 3.00. The Hall–Kier alpha value is -2.79. The Morgan fingerprint density at radius 1 is 1.39 bits per heavy atom. The minimum Gasteiger partial charge on any atom is -0.433 e. The highest BCUT2D eigenvalue weighted by molar-refractivity contribution is 8.13. The molecule has 0 bridgehead atoms. The van der Waals surface area contributed by atoms with Crippen molar-refractivity contribution < 1.29 is 27.4 Å². The van der Waals surface area contributed by atoms with Crippen LogP contribution in [0.2, 0.25) is 0 Å². The first-order valence-electron chi connectivity index (χ1n) is 9.40. The first kappa shape index (κ1) is 21.4. The Balaban J connectivity index is 1.60. The predicted molar refractivity (Wildman–Crippen MR) is 110 cm³/mol. The Morgan fingerprint density at radius 3 is 2.90 bits per heavy atom. The minimum atomic E-state index is -2.99. The Morgan fingerprint density at radius 2 is 2.19 bits per heavy atom. The molecule has 3 atom stereocenters. The van der Waals surface area contributed by atoms with Crippen LogP contribution in [0.1, 0.15) is 23.0 Å². The summed E-state index contributed by atoms with van der Waals surface area (Å²) >= 11 is 1.40. The topological polar surface area (TPSA) is 98.8 Å². The number of carbonyl (C=O) groups excluding carboxylic acids is 1. The van der Waals surface area contributed by atoms with E-state index in [0.717, 1.165) is 6.20 Å². The van der Waals surface area contributed by atoms with Crippen LogP contribution in [-0.2, 0) is 10.3 Å². The van der Waals surface area contributed by atoms with Crippen LogP contribution in [0.3, 0.4) is 0 Å². The molecular weight excluding hydrogens is 433 g/mol. The van der Waals surface area contributed by atoms with Crippen LogP contribution in [0.5, 0.6) is 5.75 Å². The van der Waals surface area contributed by atoms with Crippen molar-refractivity contribution in [3.63, 3.8) is 0 Å². The monoisotopic (exact) mass is 452 g/mol. The maximum atomic E-state index is 14.9. The van der Waals surface area contributed by atoms with Crippen molar-refractivity contribution >= 4 is 28.5 Å². The second-order valence-corrected chi connectivity index (χ2v) is 8.25. The SMILES string of the molecule is CC1OCC2(c3cc(NC(=O)c4ccc(OC(F)F)cn4)ccc3F)N=C(N)SCC12. The summed E-state index contributed by atoms with van der Waals surface area (Å²) in [4.78, 5) is 20.9. The van der Waals surface area contributed by atoms with Gasteiger partial charge in [-0.2, -0.15) is 8.78 Å². The van der Waals surface area contributed by atoms with Gasteiger partial charge in [0.1, 0.15) is 22.8 Å². The fraction of sp³-hybridized carbons (Fsp3) is 0.350.